The Balaban J connectivity index is 1.82. The summed E-state index contributed by atoms with van der Waals surface area (Å²) in [7, 11) is 2.39. The predicted molar refractivity (Wildman–Crippen MR) is 54.6 cm³/mol. The Hall–Kier alpha value is -0.0400. The first kappa shape index (κ1) is 8.28. The molecular formula is C12H21N. The van der Waals surface area contributed by atoms with Gasteiger partial charge in [-0.3, -0.25) is 4.90 Å². The maximum absolute atomic E-state index is 2.75. The molecule has 4 atom stereocenters. The van der Waals surface area contributed by atoms with Crippen molar-refractivity contribution in [3.05, 3.63) is 0 Å². The summed E-state index contributed by atoms with van der Waals surface area (Å²) < 4.78 is 0. The van der Waals surface area contributed by atoms with Gasteiger partial charge in [0.1, 0.15) is 0 Å². The Kier molecular flexibility index (Phi) is 1.90. The second kappa shape index (κ2) is 2.98. The van der Waals surface area contributed by atoms with E-state index in [-0.39, 0.29) is 0 Å². The number of likely N-dealkylation sites (tertiary alicyclic amines) is 1. The number of hydrogen-bond acceptors (Lipinski definition) is 1. The lowest BCUT2D eigenvalue weighted by Gasteiger charge is -2.43. The van der Waals surface area contributed by atoms with Gasteiger partial charge in [0.15, 0.2) is 0 Å². The van der Waals surface area contributed by atoms with Crippen LogP contribution in [-0.4, -0.2) is 24.0 Å². The van der Waals surface area contributed by atoms with Gasteiger partial charge < -0.3 is 0 Å². The maximum atomic E-state index is 2.75. The highest BCUT2D eigenvalue weighted by molar-refractivity contribution is 4.98. The Morgan fingerprint density at radius 2 is 1.38 bits per heavy atom. The molecule has 1 saturated heterocycles. The zero-order chi connectivity index (χ0) is 8.84. The third-order valence-corrected chi connectivity index (χ3v) is 4.89. The van der Waals surface area contributed by atoms with E-state index in [1.54, 1.807) is 6.42 Å². The number of fused-ring (bicyclic) bond motifs is 2. The van der Waals surface area contributed by atoms with E-state index in [0.717, 1.165) is 23.9 Å². The van der Waals surface area contributed by atoms with Crippen LogP contribution < -0.4 is 0 Å². The highest BCUT2D eigenvalue weighted by Crippen LogP contribution is 2.46. The van der Waals surface area contributed by atoms with Gasteiger partial charge >= 0.3 is 0 Å². The van der Waals surface area contributed by atoms with Crippen LogP contribution in [0.4, 0.5) is 0 Å². The summed E-state index contributed by atoms with van der Waals surface area (Å²) in [5.74, 6) is 2.15. The summed E-state index contributed by atoms with van der Waals surface area (Å²) in [4.78, 5) is 2.75. The van der Waals surface area contributed by atoms with Gasteiger partial charge in [-0.15, -0.1) is 0 Å². The number of hydrogen-bond donors (Lipinski definition) is 0. The van der Waals surface area contributed by atoms with Gasteiger partial charge in [0.05, 0.1) is 0 Å². The minimum Gasteiger partial charge on any atom is -0.300 e. The largest absolute Gasteiger partial charge is 0.300 e. The molecule has 1 aliphatic heterocycles. The van der Waals surface area contributed by atoms with E-state index in [9.17, 15) is 0 Å². The molecule has 13 heavy (non-hydrogen) atoms. The molecule has 2 aliphatic carbocycles. The molecule has 0 N–H and O–H groups in total. The summed E-state index contributed by atoms with van der Waals surface area (Å²) in [6, 6.07) is 1.94. The van der Waals surface area contributed by atoms with Gasteiger partial charge in [0.2, 0.25) is 0 Å². The van der Waals surface area contributed by atoms with Crippen molar-refractivity contribution < 1.29 is 0 Å². The fourth-order valence-electron chi connectivity index (χ4n) is 4.29. The van der Waals surface area contributed by atoms with Crippen LogP contribution in [0.2, 0.25) is 0 Å². The molecular weight excluding hydrogens is 158 g/mol. The van der Waals surface area contributed by atoms with E-state index in [1.807, 2.05) is 0 Å². The van der Waals surface area contributed by atoms with Crippen molar-refractivity contribution in [2.75, 3.05) is 7.05 Å². The summed E-state index contributed by atoms with van der Waals surface area (Å²) in [6.07, 6.45) is 10.6. The highest BCUT2D eigenvalue weighted by Gasteiger charge is 2.44. The number of piperidine rings is 1. The lowest BCUT2D eigenvalue weighted by molar-refractivity contribution is 0.0512. The molecule has 3 fully saturated rings. The summed E-state index contributed by atoms with van der Waals surface area (Å²) in [5, 5.41) is 0. The highest BCUT2D eigenvalue weighted by atomic mass is 15.2. The third kappa shape index (κ3) is 1.16. The molecule has 1 heterocycles. The first-order valence-corrected chi connectivity index (χ1v) is 6.08. The Labute approximate surface area is 81.5 Å². The molecule has 0 amide bonds. The molecule has 0 aromatic rings. The van der Waals surface area contributed by atoms with Gasteiger partial charge in [-0.25, -0.2) is 0 Å². The maximum Gasteiger partial charge on any atom is 0.0124 e. The van der Waals surface area contributed by atoms with Crippen LogP contribution in [0.3, 0.4) is 0 Å². The fraction of sp³-hybridized carbons (Fsp3) is 1.00. The molecule has 74 valence electrons. The third-order valence-electron chi connectivity index (χ3n) is 4.89. The molecule has 2 saturated carbocycles. The summed E-state index contributed by atoms with van der Waals surface area (Å²) in [5.41, 5.74) is 0. The normalized spacial score (nSPS) is 50.5. The SMILES string of the molecule is CN1C2CCCC2CC2CCCC21. The van der Waals surface area contributed by atoms with Crippen LogP contribution in [0.25, 0.3) is 0 Å². The summed E-state index contributed by atoms with van der Waals surface area (Å²) in [6.45, 7) is 0. The van der Waals surface area contributed by atoms with Gasteiger partial charge in [-0.05, 0) is 51.0 Å². The van der Waals surface area contributed by atoms with E-state index < -0.39 is 0 Å². The Bertz CT molecular complexity index is 181. The van der Waals surface area contributed by atoms with E-state index >= 15 is 0 Å². The molecule has 0 radical (unpaired) electrons. The minimum atomic E-state index is 0.972. The van der Waals surface area contributed by atoms with Crippen LogP contribution >= 0.6 is 0 Å². The molecule has 3 rings (SSSR count). The second-order valence-electron chi connectivity index (χ2n) is 5.42. The van der Waals surface area contributed by atoms with Crippen LogP contribution in [0.1, 0.15) is 44.9 Å². The molecule has 0 spiro atoms. The van der Waals surface area contributed by atoms with Gasteiger partial charge in [0, 0.05) is 12.1 Å². The fourth-order valence-corrected chi connectivity index (χ4v) is 4.29. The van der Waals surface area contributed by atoms with Gasteiger partial charge in [-0.2, -0.15) is 0 Å². The lowest BCUT2D eigenvalue weighted by Crippen LogP contribution is -2.49. The second-order valence-corrected chi connectivity index (χ2v) is 5.42. The lowest BCUT2D eigenvalue weighted by atomic mass is 9.81. The predicted octanol–water partition coefficient (Wildman–Crippen LogP) is 2.66. The van der Waals surface area contributed by atoms with Crippen LogP contribution in [0.15, 0.2) is 0 Å². The first-order valence-electron chi connectivity index (χ1n) is 6.08. The number of nitrogens with zero attached hydrogens (tertiary/aromatic N) is 1. The first-order chi connectivity index (χ1) is 6.36. The van der Waals surface area contributed by atoms with Crippen LogP contribution in [-0.2, 0) is 0 Å². The van der Waals surface area contributed by atoms with Gasteiger partial charge in [-0.1, -0.05) is 12.8 Å². The minimum absolute atomic E-state index is 0.972. The van der Waals surface area contributed by atoms with Crippen molar-refractivity contribution >= 4 is 0 Å². The van der Waals surface area contributed by atoms with E-state index in [0.29, 0.717) is 0 Å². The van der Waals surface area contributed by atoms with Crippen molar-refractivity contribution in [3.8, 4) is 0 Å². The van der Waals surface area contributed by atoms with Gasteiger partial charge in [0.25, 0.3) is 0 Å². The molecule has 0 aromatic heterocycles. The van der Waals surface area contributed by atoms with Crippen LogP contribution in [0.5, 0.6) is 0 Å². The van der Waals surface area contributed by atoms with E-state index in [1.165, 1.54) is 38.5 Å². The Morgan fingerprint density at radius 3 is 1.92 bits per heavy atom. The molecule has 0 bridgehead atoms. The molecule has 1 heteroatoms. The standard InChI is InChI=1S/C12H21N/c1-13-11-6-2-4-9(11)8-10-5-3-7-12(10)13/h9-12H,2-8H2,1H3. The summed E-state index contributed by atoms with van der Waals surface area (Å²) >= 11 is 0. The average molecular weight is 179 g/mol. The van der Waals surface area contributed by atoms with Crippen LogP contribution in [0, 0.1) is 11.8 Å². The quantitative estimate of drug-likeness (QED) is 0.552. The molecule has 3 aliphatic rings. The zero-order valence-electron chi connectivity index (χ0n) is 8.71. The Morgan fingerprint density at radius 1 is 0.846 bits per heavy atom. The smallest absolute Gasteiger partial charge is 0.0124 e. The average Bonchev–Trinajstić information content (AvgIpc) is 2.71. The van der Waals surface area contributed by atoms with Crippen molar-refractivity contribution in [1.29, 1.82) is 0 Å². The van der Waals surface area contributed by atoms with E-state index in [2.05, 4.69) is 11.9 Å². The van der Waals surface area contributed by atoms with Crippen molar-refractivity contribution in [1.82, 2.24) is 4.90 Å². The zero-order valence-corrected chi connectivity index (χ0v) is 8.71. The molecule has 1 nitrogen and oxygen atoms in total. The molecule has 4 unspecified atom stereocenters. The van der Waals surface area contributed by atoms with Crippen molar-refractivity contribution in [3.63, 3.8) is 0 Å². The molecule has 0 aromatic carbocycles. The van der Waals surface area contributed by atoms with Crippen molar-refractivity contribution in [2.45, 2.75) is 57.0 Å². The monoisotopic (exact) mass is 179 g/mol. The van der Waals surface area contributed by atoms with E-state index in [4.69, 9.17) is 0 Å². The number of rotatable bonds is 0. The topological polar surface area (TPSA) is 3.24 Å². The van der Waals surface area contributed by atoms with Crippen molar-refractivity contribution in [2.24, 2.45) is 11.8 Å².